The molecule has 0 aromatic heterocycles. The van der Waals surface area contributed by atoms with Gasteiger partial charge in [-0.05, 0) is 37.5 Å². The Morgan fingerprint density at radius 3 is 2.70 bits per heavy atom. The molecule has 1 saturated heterocycles. The summed E-state index contributed by atoms with van der Waals surface area (Å²) in [5.74, 6) is 1.27. The van der Waals surface area contributed by atoms with Crippen molar-refractivity contribution in [1.29, 1.82) is 0 Å². The van der Waals surface area contributed by atoms with Gasteiger partial charge in [-0.1, -0.05) is 12.1 Å². The number of guanidine groups is 1. The van der Waals surface area contributed by atoms with Crippen LogP contribution in [0.25, 0.3) is 0 Å². The first-order valence-electron chi connectivity index (χ1n) is 8.90. The number of hydrogen-bond donors (Lipinski definition) is 2. The highest BCUT2D eigenvalue weighted by Gasteiger charge is 2.19. The fourth-order valence-electron chi connectivity index (χ4n) is 3.02. The van der Waals surface area contributed by atoms with Gasteiger partial charge in [-0.25, -0.2) is 13.1 Å². The van der Waals surface area contributed by atoms with Crippen LogP contribution in [0, 0.1) is 19.8 Å². The average Bonchev–Trinajstić information content (AvgIpc) is 3.09. The Morgan fingerprint density at radius 1 is 1.33 bits per heavy atom. The molecule has 1 aromatic rings. The molecule has 1 unspecified atom stereocenters. The molecule has 0 amide bonds. The van der Waals surface area contributed by atoms with E-state index in [9.17, 15) is 8.42 Å². The quantitative estimate of drug-likeness (QED) is 0.253. The molecule has 7 nitrogen and oxygen atoms in total. The molecule has 0 bridgehead atoms. The summed E-state index contributed by atoms with van der Waals surface area (Å²) >= 11 is 0. The van der Waals surface area contributed by atoms with Gasteiger partial charge in [0.2, 0.25) is 10.0 Å². The van der Waals surface area contributed by atoms with E-state index >= 15 is 0 Å². The summed E-state index contributed by atoms with van der Waals surface area (Å²) in [5.41, 5.74) is 1.66. The topological polar surface area (TPSA) is 83.0 Å². The van der Waals surface area contributed by atoms with Crippen LogP contribution in [0.5, 0.6) is 0 Å². The van der Waals surface area contributed by atoms with Gasteiger partial charge in [-0.15, -0.1) is 24.0 Å². The fourth-order valence-corrected chi connectivity index (χ4v) is 4.38. The molecule has 0 spiro atoms. The van der Waals surface area contributed by atoms with Crippen molar-refractivity contribution < 1.29 is 13.2 Å². The number of sulfonamides is 1. The average molecular weight is 510 g/mol. The second kappa shape index (κ2) is 11.2. The van der Waals surface area contributed by atoms with Gasteiger partial charge in [0.15, 0.2) is 5.96 Å². The predicted molar refractivity (Wildman–Crippen MR) is 119 cm³/mol. The summed E-state index contributed by atoms with van der Waals surface area (Å²) in [5, 5.41) is 3.20. The van der Waals surface area contributed by atoms with Crippen molar-refractivity contribution in [1.82, 2.24) is 14.9 Å². The van der Waals surface area contributed by atoms with Gasteiger partial charge in [-0.3, -0.25) is 4.99 Å². The van der Waals surface area contributed by atoms with Gasteiger partial charge in [-0.2, -0.15) is 0 Å². The maximum absolute atomic E-state index is 12.5. The van der Waals surface area contributed by atoms with Crippen molar-refractivity contribution in [2.75, 3.05) is 46.9 Å². The number of rotatable bonds is 7. The number of nitrogens with one attached hydrogen (secondary N) is 2. The molecule has 1 atom stereocenters. The molecule has 0 radical (unpaired) electrons. The van der Waals surface area contributed by atoms with Crippen LogP contribution >= 0.6 is 24.0 Å². The van der Waals surface area contributed by atoms with Crippen LogP contribution in [0.3, 0.4) is 0 Å². The first-order valence-corrected chi connectivity index (χ1v) is 10.4. The fraction of sp³-hybridized carbons (Fsp3) is 0.611. The summed E-state index contributed by atoms with van der Waals surface area (Å²) in [7, 11) is 0.190. The molecule has 1 aliphatic heterocycles. The number of hydrogen-bond acceptors (Lipinski definition) is 4. The van der Waals surface area contributed by atoms with E-state index in [4.69, 9.17) is 4.74 Å². The smallest absolute Gasteiger partial charge is 0.240 e. The van der Waals surface area contributed by atoms with Gasteiger partial charge in [0.1, 0.15) is 0 Å². The first kappa shape index (κ1) is 24.1. The molecule has 1 aromatic carbocycles. The number of halogens is 1. The highest BCUT2D eigenvalue weighted by molar-refractivity contribution is 14.0. The zero-order chi connectivity index (χ0) is 19.2. The lowest BCUT2D eigenvalue weighted by Crippen LogP contribution is -2.44. The lowest BCUT2D eigenvalue weighted by molar-refractivity contribution is 0.181. The minimum absolute atomic E-state index is 0. The zero-order valence-corrected chi connectivity index (χ0v) is 19.6. The summed E-state index contributed by atoms with van der Waals surface area (Å²) in [4.78, 5) is 6.65. The van der Waals surface area contributed by atoms with Crippen LogP contribution in [-0.2, 0) is 14.8 Å². The van der Waals surface area contributed by atoms with Gasteiger partial charge < -0.3 is 15.0 Å². The van der Waals surface area contributed by atoms with Crippen molar-refractivity contribution in [3.05, 3.63) is 29.3 Å². The minimum Gasteiger partial charge on any atom is -0.381 e. The summed E-state index contributed by atoms with van der Waals surface area (Å²) in [6.45, 7) is 6.91. The van der Waals surface area contributed by atoms with E-state index in [1.807, 2.05) is 26.1 Å². The third kappa shape index (κ3) is 7.20. The van der Waals surface area contributed by atoms with Crippen LogP contribution in [0.15, 0.2) is 28.1 Å². The van der Waals surface area contributed by atoms with Crippen molar-refractivity contribution in [3.63, 3.8) is 0 Å². The molecule has 1 heterocycles. The Balaban J connectivity index is 0.00000364. The van der Waals surface area contributed by atoms with Crippen LogP contribution in [0.4, 0.5) is 0 Å². The lowest BCUT2D eigenvalue weighted by Gasteiger charge is -2.24. The van der Waals surface area contributed by atoms with Crippen LogP contribution in [-0.4, -0.2) is 66.2 Å². The number of aryl methyl sites for hydroxylation is 2. The van der Waals surface area contributed by atoms with E-state index in [0.29, 0.717) is 17.4 Å². The predicted octanol–water partition coefficient (Wildman–Crippen LogP) is 1.74. The number of aliphatic imine (C=N–C) groups is 1. The summed E-state index contributed by atoms with van der Waals surface area (Å²) in [6, 6.07) is 5.43. The molecule has 9 heteroatoms. The van der Waals surface area contributed by atoms with E-state index in [1.54, 1.807) is 20.0 Å². The molecule has 0 aliphatic carbocycles. The molecule has 2 rings (SSSR count). The van der Waals surface area contributed by atoms with E-state index in [2.05, 4.69) is 19.9 Å². The Bertz CT molecular complexity index is 734. The number of benzene rings is 1. The monoisotopic (exact) mass is 510 g/mol. The molecule has 1 aliphatic rings. The van der Waals surface area contributed by atoms with Crippen LogP contribution < -0.4 is 10.0 Å². The summed E-state index contributed by atoms with van der Waals surface area (Å²) in [6.07, 6.45) is 1.07. The highest BCUT2D eigenvalue weighted by atomic mass is 127. The molecule has 1 fully saturated rings. The zero-order valence-electron chi connectivity index (χ0n) is 16.5. The Labute approximate surface area is 180 Å². The Kier molecular flexibility index (Phi) is 9.99. The van der Waals surface area contributed by atoms with Crippen molar-refractivity contribution in [3.8, 4) is 0 Å². The second-order valence-corrected chi connectivity index (χ2v) is 8.49. The van der Waals surface area contributed by atoms with E-state index in [0.717, 1.165) is 43.3 Å². The minimum atomic E-state index is -3.52. The third-order valence-corrected chi connectivity index (χ3v) is 6.07. The Morgan fingerprint density at radius 2 is 2.07 bits per heavy atom. The molecule has 154 valence electrons. The van der Waals surface area contributed by atoms with E-state index in [-0.39, 0.29) is 30.5 Å². The van der Waals surface area contributed by atoms with Gasteiger partial charge in [0.05, 0.1) is 11.5 Å². The standard InChI is InChI=1S/C18H30N4O3S.HI/c1-14-5-6-15(2)17(11-14)26(23,24)21-9-8-20-18(19-3)22(4)12-16-7-10-25-13-16;/h5-6,11,16,21H,7-10,12-13H2,1-4H3,(H,19,20);1H. The lowest BCUT2D eigenvalue weighted by atomic mass is 10.1. The molecular formula is C18H31IN4O3S. The largest absolute Gasteiger partial charge is 0.381 e. The van der Waals surface area contributed by atoms with Crippen LogP contribution in [0.1, 0.15) is 17.5 Å². The molecule has 27 heavy (non-hydrogen) atoms. The van der Waals surface area contributed by atoms with Gasteiger partial charge in [0, 0.05) is 46.3 Å². The SMILES string of the molecule is CN=C(NCCNS(=O)(=O)c1cc(C)ccc1C)N(C)CC1CCOC1.I. The number of ether oxygens (including phenoxy) is 1. The maximum atomic E-state index is 12.5. The Hall–Kier alpha value is -0.910. The molecule has 2 N–H and O–H groups in total. The van der Waals surface area contributed by atoms with Crippen molar-refractivity contribution >= 4 is 40.0 Å². The highest BCUT2D eigenvalue weighted by Crippen LogP contribution is 2.16. The normalized spacial score (nSPS) is 17.5. The van der Waals surface area contributed by atoms with Crippen LogP contribution in [0.2, 0.25) is 0 Å². The van der Waals surface area contributed by atoms with Crippen molar-refractivity contribution in [2.45, 2.75) is 25.2 Å². The van der Waals surface area contributed by atoms with Gasteiger partial charge >= 0.3 is 0 Å². The number of nitrogens with zero attached hydrogens (tertiary/aromatic N) is 2. The third-order valence-electron chi connectivity index (χ3n) is 4.46. The van der Waals surface area contributed by atoms with E-state index < -0.39 is 10.0 Å². The first-order chi connectivity index (χ1) is 12.3. The van der Waals surface area contributed by atoms with Gasteiger partial charge in [0.25, 0.3) is 0 Å². The molecular weight excluding hydrogens is 479 g/mol. The maximum Gasteiger partial charge on any atom is 0.240 e. The van der Waals surface area contributed by atoms with E-state index in [1.165, 1.54) is 0 Å². The second-order valence-electron chi connectivity index (χ2n) is 6.75. The summed E-state index contributed by atoms with van der Waals surface area (Å²) < 4.78 is 33.0. The van der Waals surface area contributed by atoms with Crippen molar-refractivity contribution in [2.24, 2.45) is 10.9 Å². The molecule has 0 saturated carbocycles.